The van der Waals surface area contributed by atoms with Crippen molar-refractivity contribution in [2.45, 2.75) is 13.0 Å². The van der Waals surface area contributed by atoms with E-state index in [-0.39, 0.29) is 6.54 Å². The summed E-state index contributed by atoms with van der Waals surface area (Å²) in [6.07, 6.45) is 0.809. The van der Waals surface area contributed by atoms with Crippen molar-refractivity contribution >= 4 is 17.3 Å². The molecule has 0 atom stereocenters. The molecular weight excluding hydrogens is 288 g/mol. The van der Waals surface area contributed by atoms with Gasteiger partial charge in [-0.05, 0) is 12.1 Å². The largest absolute Gasteiger partial charge is 0.497 e. The number of aliphatic carboxylic acids is 1. The molecule has 0 fully saturated rings. The maximum absolute atomic E-state index is 10.8. The summed E-state index contributed by atoms with van der Waals surface area (Å²) in [5, 5.41) is 9.86. The van der Waals surface area contributed by atoms with E-state index < -0.39 is 5.97 Å². The van der Waals surface area contributed by atoms with Gasteiger partial charge in [-0.3, -0.25) is 9.69 Å². The summed E-state index contributed by atoms with van der Waals surface area (Å²) >= 11 is 1.64. The minimum absolute atomic E-state index is 0.0891. The monoisotopic (exact) mass is 304 g/mol. The molecule has 1 aliphatic heterocycles. The Morgan fingerprint density at radius 3 is 3.14 bits per heavy atom. The van der Waals surface area contributed by atoms with Crippen LogP contribution in [0.5, 0.6) is 5.75 Å². The number of rotatable bonds is 4. The van der Waals surface area contributed by atoms with Gasteiger partial charge < -0.3 is 9.84 Å². The lowest BCUT2D eigenvalue weighted by Crippen LogP contribution is -2.34. The third-order valence-electron chi connectivity index (χ3n) is 3.49. The van der Waals surface area contributed by atoms with Crippen molar-refractivity contribution in [2.24, 2.45) is 0 Å². The second kappa shape index (κ2) is 5.83. The Bertz CT molecular complexity index is 669. The SMILES string of the molecule is COc1cccc(-c2nc3c(s2)CN(CC(=O)O)CC3)c1. The van der Waals surface area contributed by atoms with Crippen LogP contribution in [0.25, 0.3) is 10.6 Å². The van der Waals surface area contributed by atoms with E-state index in [0.29, 0.717) is 6.54 Å². The molecular formula is C15H16N2O3S. The van der Waals surface area contributed by atoms with Gasteiger partial charge in [0.2, 0.25) is 0 Å². The van der Waals surface area contributed by atoms with E-state index >= 15 is 0 Å². The van der Waals surface area contributed by atoms with Crippen molar-refractivity contribution in [3.8, 4) is 16.3 Å². The van der Waals surface area contributed by atoms with Crippen LogP contribution in [0.15, 0.2) is 24.3 Å². The number of methoxy groups -OCH3 is 1. The zero-order valence-electron chi connectivity index (χ0n) is 11.7. The number of benzene rings is 1. The third-order valence-corrected chi connectivity index (χ3v) is 4.62. The van der Waals surface area contributed by atoms with Gasteiger partial charge in [-0.25, -0.2) is 4.98 Å². The molecule has 0 saturated heterocycles. The van der Waals surface area contributed by atoms with Gasteiger partial charge in [-0.2, -0.15) is 0 Å². The Morgan fingerprint density at radius 1 is 1.52 bits per heavy atom. The van der Waals surface area contributed by atoms with Gasteiger partial charge in [0.15, 0.2) is 0 Å². The predicted molar refractivity (Wildman–Crippen MR) is 80.7 cm³/mol. The maximum atomic E-state index is 10.8. The van der Waals surface area contributed by atoms with Crippen LogP contribution in [0.2, 0.25) is 0 Å². The number of carbonyl (C=O) groups is 1. The standard InChI is InChI=1S/C15H16N2O3S/c1-20-11-4-2-3-10(7-11)15-16-12-5-6-17(9-14(18)19)8-13(12)21-15/h2-4,7H,5-6,8-9H2,1H3,(H,18,19). The molecule has 6 heteroatoms. The van der Waals surface area contributed by atoms with Crippen LogP contribution >= 0.6 is 11.3 Å². The molecule has 5 nitrogen and oxygen atoms in total. The van der Waals surface area contributed by atoms with Crippen molar-refractivity contribution in [1.29, 1.82) is 0 Å². The van der Waals surface area contributed by atoms with E-state index in [1.165, 1.54) is 4.88 Å². The molecule has 1 N–H and O–H groups in total. The summed E-state index contributed by atoms with van der Waals surface area (Å²) in [5.41, 5.74) is 2.14. The molecule has 1 aromatic carbocycles. The Morgan fingerprint density at radius 2 is 2.38 bits per heavy atom. The molecule has 110 valence electrons. The smallest absolute Gasteiger partial charge is 0.317 e. The first-order valence-electron chi connectivity index (χ1n) is 6.73. The van der Waals surface area contributed by atoms with Gasteiger partial charge in [0.25, 0.3) is 0 Å². The zero-order valence-corrected chi connectivity index (χ0v) is 12.5. The fourth-order valence-electron chi connectivity index (χ4n) is 2.45. The highest BCUT2D eigenvalue weighted by Gasteiger charge is 2.22. The molecule has 0 spiro atoms. The van der Waals surface area contributed by atoms with Gasteiger partial charge in [-0.15, -0.1) is 11.3 Å². The summed E-state index contributed by atoms with van der Waals surface area (Å²) in [7, 11) is 1.65. The van der Waals surface area contributed by atoms with Crippen molar-refractivity contribution in [3.05, 3.63) is 34.8 Å². The van der Waals surface area contributed by atoms with Crippen LogP contribution in [-0.4, -0.2) is 41.2 Å². The van der Waals surface area contributed by atoms with E-state index in [4.69, 9.17) is 14.8 Å². The van der Waals surface area contributed by atoms with Crippen LogP contribution in [0, 0.1) is 0 Å². The first-order chi connectivity index (χ1) is 10.2. The van der Waals surface area contributed by atoms with E-state index in [1.807, 2.05) is 29.2 Å². The second-order valence-electron chi connectivity index (χ2n) is 4.98. The lowest BCUT2D eigenvalue weighted by Gasteiger charge is -2.23. The van der Waals surface area contributed by atoms with Crippen LogP contribution in [-0.2, 0) is 17.8 Å². The van der Waals surface area contributed by atoms with E-state index in [0.717, 1.165) is 35.0 Å². The van der Waals surface area contributed by atoms with Gasteiger partial charge in [0.05, 0.1) is 19.3 Å². The average Bonchev–Trinajstić information content (AvgIpc) is 2.90. The van der Waals surface area contributed by atoms with E-state index in [9.17, 15) is 4.79 Å². The van der Waals surface area contributed by atoms with Gasteiger partial charge in [0.1, 0.15) is 10.8 Å². The summed E-state index contributed by atoms with van der Waals surface area (Å²) < 4.78 is 5.24. The molecule has 0 aliphatic carbocycles. The van der Waals surface area contributed by atoms with Gasteiger partial charge in [0, 0.05) is 30.0 Å². The molecule has 2 heterocycles. The maximum Gasteiger partial charge on any atom is 0.317 e. The minimum Gasteiger partial charge on any atom is -0.497 e. The van der Waals surface area contributed by atoms with E-state index in [1.54, 1.807) is 18.4 Å². The fourth-order valence-corrected chi connectivity index (χ4v) is 3.60. The number of hydrogen-bond donors (Lipinski definition) is 1. The van der Waals surface area contributed by atoms with Crippen LogP contribution in [0.3, 0.4) is 0 Å². The minimum atomic E-state index is -0.781. The number of carboxylic acids is 1. The van der Waals surface area contributed by atoms with Gasteiger partial charge in [-0.1, -0.05) is 12.1 Å². The summed E-state index contributed by atoms with van der Waals surface area (Å²) in [4.78, 5) is 18.6. The highest BCUT2D eigenvalue weighted by Crippen LogP contribution is 2.32. The zero-order chi connectivity index (χ0) is 14.8. The Labute approximate surface area is 126 Å². The van der Waals surface area contributed by atoms with Crippen molar-refractivity contribution < 1.29 is 14.6 Å². The molecule has 0 radical (unpaired) electrons. The first kappa shape index (κ1) is 14.0. The Hall–Kier alpha value is -1.92. The number of fused-ring (bicyclic) bond motifs is 1. The molecule has 0 saturated carbocycles. The predicted octanol–water partition coefficient (Wildman–Crippen LogP) is 2.26. The number of nitrogens with zero attached hydrogens (tertiary/aromatic N) is 2. The van der Waals surface area contributed by atoms with Crippen LogP contribution < -0.4 is 4.74 Å². The summed E-state index contributed by atoms with van der Waals surface area (Å²) in [5.74, 6) is 0.0316. The summed E-state index contributed by atoms with van der Waals surface area (Å²) in [6, 6.07) is 7.85. The topological polar surface area (TPSA) is 62.7 Å². The van der Waals surface area contributed by atoms with Crippen molar-refractivity contribution in [3.63, 3.8) is 0 Å². The number of carboxylic acid groups (broad SMARTS) is 1. The first-order valence-corrected chi connectivity index (χ1v) is 7.54. The summed E-state index contributed by atoms with van der Waals surface area (Å²) in [6.45, 7) is 1.51. The highest BCUT2D eigenvalue weighted by molar-refractivity contribution is 7.15. The third kappa shape index (κ3) is 3.06. The number of thiazole rings is 1. The molecule has 1 aliphatic rings. The Balaban J connectivity index is 1.84. The van der Waals surface area contributed by atoms with Gasteiger partial charge >= 0.3 is 5.97 Å². The molecule has 0 unspecified atom stereocenters. The van der Waals surface area contributed by atoms with Crippen molar-refractivity contribution in [2.75, 3.05) is 20.2 Å². The van der Waals surface area contributed by atoms with Crippen LogP contribution in [0.1, 0.15) is 10.6 Å². The van der Waals surface area contributed by atoms with E-state index in [2.05, 4.69) is 0 Å². The molecule has 1 aromatic heterocycles. The Kier molecular flexibility index (Phi) is 3.90. The fraction of sp³-hybridized carbons (Fsp3) is 0.333. The number of ether oxygens (including phenoxy) is 1. The molecule has 0 bridgehead atoms. The molecule has 21 heavy (non-hydrogen) atoms. The number of hydrogen-bond acceptors (Lipinski definition) is 5. The average molecular weight is 304 g/mol. The number of aromatic nitrogens is 1. The molecule has 2 aromatic rings. The normalized spacial score (nSPS) is 14.7. The highest BCUT2D eigenvalue weighted by atomic mass is 32.1. The van der Waals surface area contributed by atoms with Crippen molar-refractivity contribution in [1.82, 2.24) is 9.88 Å². The molecule has 0 amide bonds. The lowest BCUT2D eigenvalue weighted by atomic mass is 10.2. The lowest BCUT2D eigenvalue weighted by molar-refractivity contribution is -0.138. The quantitative estimate of drug-likeness (QED) is 0.939. The molecule has 3 rings (SSSR count). The van der Waals surface area contributed by atoms with Crippen LogP contribution in [0.4, 0.5) is 0 Å². The second-order valence-corrected chi connectivity index (χ2v) is 6.06.